The Hall–Kier alpha value is -0.980. The van der Waals surface area contributed by atoms with Gasteiger partial charge >= 0.3 is 6.09 Å². The molecule has 0 radical (unpaired) electrons. The Morgan fingerprint density at radius 3 is 2.30 bits per heavy atom. The molecule has 0 aliphatic heterocycles. The minimum atomic E-state index is -3.95. The number of hydrogen-bond acceptors (Lipinski definition) is 4. The standard InChI is InChI=1S/C15H19Cl2NO4S/c1-14(2,3)22-13(19)18(4)15(7-8-15)11-9-10(16)5-6-12(11)23(17,20)21/h5-6,9H,7-8H2,1-4H3. The molecule has 1 aromatic carbocycles. The van der Waals surface area contributed by atoms with Gasteiger partial charge in [0.2, 0.25) is 0 Å². The first-order valence-corrected chi connectivity index (χ1v) is 9.77. The van der Waals surface area contributed by atoms with Crippen molar-refractivity contribution >= 4 is 37.4 Å². The number of halogens is 2. The number of amides is 1. The van der Waals surface area contributed by atoms with E-state index in [4.69, 9.17) is 27.0 Å². The molecule has 1 aliphatic carbocycles. The molecule has 2 rings (SSSR count). The van der Waals surface area contributed by atoms with Gasteiger partial charge in [-0.05, 0) is 57.4 Å². The van der Waals surface area contributed by atoms with Crippen LogP contribution in [0.2, 0.25) is 5.02 Å². The van der Waals surface area contributed by atoms with Crippen LogP contribution in [0, 0.1) is 0 Å². The fourth-order valence-corrected chi connectivity index (χ4v) is 3.81. The fourth-order valence-electron chi connectivity index (χ4n) is 2.49. The van der Waals surface area contributed by atoms with Crippen LogP contribution >= 0.6 is 22.3 Å². The molecule has 1 aliphatic rings. The number of ether oxygens (including phenoxy) is 1. The van der Waals surface area contributed by atoms with Crippen molar-refractivity contribution in [3.63, 3.8) is 0 Å². The molecule has 0 saturated heterocycles. The van der Waals surface area contributed by atoms with E-state index in [0.29, 0.717) is 23.4 Å². The predicted molar refractivity (Wildman–Crippen MR) is 89.4 cm³/mol. The summed E-state index contributed by atoms with van der Waals surface area (Å²) in [6.07, 6.45) is 0.707. The molecule has 128 valence electrons. The molecule has 8 heteroatoms. The number of nitrogens with zero attached hydrogens (tertiary/aromatic N) is 1. The van der Waals surface area contributed by atoms with Crippen molar-refractivity contribution in [1.29, 1.82) is 0 Å². The van der Waals surface area contributed by atoms with Crippen molar-refractivity contribution in [3.8, 4) is 0 Å². The lowest BCUT2D eigenvalue weighted by atomic mass is 10.0. The summed E-state index contributed by atoms with van der Waals surface area (Å²) in [6, 6.07) is 4.37. The SMILES string of the molecule is CN(C(=O)OC(C)(C)C)C1(c2cc(Cl)ccc2S(=O)(=O)Cl)CC1. The van der Waals surface area contributed by atoms with Gasteiger partial charge in [0.1, 0.15) is 5.60 Å². The van der Waals surface area contributed by atoms with E-state index >= 15 is 0 Å². The van der Waals surface area contributed by atoms with E-state index in [9.17, 15) is 13.2 Å². The van der Waals surface area contributed by atoms with Gasteiger partial charge < -0.3 is 9.64 Å². The summed E-state index contributed by atoms with van der Waals surface area (Å²) >= 11 is 6.02. The van der Waals surface area contributed by atoms with Gasteiger partial charge in [-0.3, -0.25) is 0 Å². The van der Waals surface area contributed by atoms with Crippen LogP contribution in [0.3, 0.4) is 0 Å². The van der Waals surface area contributed by atoms with Gasteiger partial charge in [0.15, 0.2) is 0 Å². The Kier molecular flexibility index (Phi) is 4.65. The molecular weight excluding hydrogens is 361 g/mol. The number of carbonyl (C=O) groups excluding carboxylic acids is 1. The van der Waals surface area contributed by atoms with E-state index < -0.39 is 26.3 Å². The first-order chi connectivity index (χ1) is 10.4. The first kappa shape index (κ1) is 18.4. The summed E-state index contributed by atoms with van der Waals surface area (Å²) < 4.78 is 29.1. The average Bonchev–Trinajstić information content (AvgIpc) is 3.15. The molecule has 23 heavy (non-hydrogen) atoms. The number of rotatable bonds is 3. The number of hydrogen-bond donors (Lipinski definition) is 0. The van der Waals surface area contributed by atoms with Crippen molar-refractivity contribution < 1.29 is 17.9 Å². The van der Waals surface area contributed by atoms with Gasteiger partial charge in [-0.25, -0.2) is 13.2 Å². The zero-order valence-electron chi connectivity index (χ0n) is 13.4. The second-order valence-electron chi connectivity index (χ2n) is 6.65. The second-order valence-corrected chi connectivity index (χ2v) is 9.62. The lowest BCUT2D eigenvalue weighted by molar-refractivity contribution is 0.0187. The summed E-state index contributed by atoms with van der Waals surface area (Å²) in [5, 5.41) is 0.382. The molecule has 0 atom stereocenters. The molecular formula is C15H19Cl2NO4S. The average molecular weight is 380 g/mol. The van der Waals surface area contributed by atoms with E-state index in [1.54, 1.807) is 33.9 Å². The van der Waals surface area contributed by atoms with Crippen LogP contribution in [-0.4, -0.2) is 32.1 Å². The summed E-state index contributed by atoms with van der Waals surface area (Å²) in [5.41, 5.74) is -0.977. The number of carbonyl (C=O) groups is 1. The smallest absolute Gasteiger partial charge is 0.410 e. The molecule has 0 N–H and O–H groups in total. The minimum Gasteiger partial charge on any atom is -0.444 e. The highest BCUT2D eigenvalue weighted by molar-refractivity contribution is 8.13. The van der Waals surface area contributed by atoms with Crippen LogP contribution in [0.4, 0.5) is 4.79 Å². The Balaban J connectivity index is 2.45. The van der Waals surface area contributed by atoms with Crippen LogP contribution in [0.5, 0.6) is 0 Å². The van der Waals surface area contributed by atoms with Crippen molar-refractivity contribution in [2.45, 2.75) is 49.6 Å². The van der Waals surface area contributed by atoms with Crippen molar-refractivity contribution in [1.82, 2.24) is 4.90 Å². The summed E-state index contributed by atoms with van der Waals surface area (Å²) in [7, 11) is 3.17. The van der Waals surface area contributed by atoms with Crippen LogP contribution < -0.4 is 0 Å². The Morgan fingerprint density at radius 1 is 1.30 bits per heavy atom. The molecule has 1 aromatic rings. The minimum absolute atomic E-state index is 0.0310. The largest absolute Gasteiger partial charge is 0.444 e. The highest BCUT2D eigenvalue weighted by Crippen LogP contribution is 2.53. The zero-order valence-corrected chi connectivity index (χ0v) is 15.7. The second kappa shape index (κ2) is 5.83. The van der Waals surface area contributed by atoms with E-state index in [1.807, 2.05) is 0 Å². The maximum Gasteiger partial charge on any atom is 0.410 e. The van der Waals surface area contributed by atoms with E-state index in [-0.39, 0.29) is 4.90 Å². The third kappa shape index (κ3) is 3.92. The molecule has 1 fully saturated rings. The Bertz CT molecular complexity index is 736. The van der Waals surface area contributed by atoms with E-state index in [0.717, 1.165) is 0 Å². The first-order valence-electron chi connectivity index (χ1n) is 7.08. The van der Waals surface area contributed by atoms with Gasteiger partial charge in [-0.15, -0.1) is 0 Å². The lowest BCUT2D eigenvalue weighted by Gasteiger charge is -2.32. The van der Waals surface area contributed by atoms with Gasteiger partial charge in [-0.2, -0.15) is 0 Å². The number of benzene rings is 1. The summed E-state index contributed by atoms with van der Waals surface area (Å²) in [6.45, 7) is 5.31. The van der Waals surface area contributed by atoms with Crippen LogP contribution in [0.25, 0.3) is 0 Å². The lowest BCUT2D eigenvalue weighted by Crippen LogP contribution is -2.41. The normalized spacial score (nSPS) is 16.8. The van der Waals surface area contributed by atoms with Crippen molar-refractivity contribution in [3.05, 3.63) is 28.8 Å². The van der Waals surface area contributed by atoms with Crippen LogP contribution in [0.15, 0.2) is 23.1 Å². The molecule has 0 unspecified atom stereocenters. The van der Waals surface area contributed by atoms with Crippen molar-refractivity contribution in [2.24, 2.45) is 0 Å². The Morgan fingerprint density at radius 2 is 1.87 bits per heavy atom. The fraction of sp³-hybridized carbons (Fsp3) is 0.533. The highest BCUT2D eigenvalue weighted by Gasteiger charge is 2.53. The third-order valence-corrected chi connectivity index (χ3v) is 5.35. The Labute approximate surface area is 145 Å². The third-order valence-electron chi connectivity index (χ3n) is 3.74. The van der Waals surface area contributed by atoms with Crippen molar-refractivity contribution in [2.75, 3.05) is 7.05 Å². The quantitative estimate of drug-likeness (QED) is 0.740. The molecule has 1 amide bonds. The van der Waals surface area contributed by atoms with E-state index in [1.165, 1.54) is 17.0 Å². The van der Waals surface area contributed by atoms with E-state index in [2.05, 4.69) is 0 Å². The van der Waals surface area contributed by atoms with Crippen LogP contribution in [0.1, 0.15) is 39.2 Å². The van der Waals surface area contributed by atoms with Gasteiger partial charge in [0.05, 0.1) is 10.4 Å². The molecule has 0 heterocycles. The molecule has 0 spiro atoms. The monoisotopic (exact) mass is 379 g/mol. The highest BCUT2D eigenvalue weighted by atomic mass is 35.7. The van der Waals surface area contributed by atoms with Crippen LogP contribution in [-0.2, 0) is 19.3 Å². The maximum atomic E-state index is 12.4. The topological polar surface area (TPSA) is 63.7 Å². The molecule has 0 aromatic heterocycles. The maximum absolute atomic E-state index is 12.4. The van der Waals surface area contributed by atoms with Gasteiger partial charge in [0.25, 0.3) is 9.05 Å². The molecule has 0 bridgehead atoms. The predicted octanol–water partition coefficient (Wildman–Crippen LogP) is 4.12. The summed E-state index contributed by atoms with van der Waals surface area (Å²) in [5.74, 6) is 0. The van der Waals surface area contributed by atoms with Gasteiger partial charge in [-0.1, -0.05) is 11.6 Å². The molecule has 5 nitrogen and oxygen atoms in total. The zero-order chi connectivity index (χ0) is 17.6. The summed E-state index contributed by atoms with van der Waals surface area (Å²) in [4.78, 5) is 13.7. The molecule has 1 saturated carbocycles. The van der Waals surface area contributed by atoms with Gasteiger partial charge in [0, 0.05) is 22.8 Å².